The maximum absolute atomic E-state index is 13.4. The van der Waals surface area contributed by atoms with Crippen LogP contribution in [0.15, 0.2) is 54.7 Å². The van der Waals surface area contributed by atoms with Crippen LogP contribution in [0.1, 0.15) is 28.9 Å². The Morgan fingerprint density at radius 1 is 1.17 bits per heavy atom. The SMILES string of the molecule is O=C(NCC1(c2ccc(F)cc2)CCOCC1)c1cn(-c2ccccc2Cl)nn1. The van der Waals surface area contributed by atoms with Gasteiger partial charge in [0.2, 0.25) is 0 Å². The van der Waals surface area contributed by atoms with Crippen molar-refractivity contribution in [3.8, 4) is 5.69 Å². The van der Waals surface area contributed by atoms with E-state index < -0.39 is 0 Å². The van der Waals surface area contributed by atoms with Crippen LogP contribution in [-0.4, -0.2) is 40.7 Å². The molecule has 6 nitrogen and oxygen atoms in total. The number of hydrogen-bond acceptors (Lipinski definition) is 4. The fourth-order valence-corrected chi connectivity index (χ4v) is 3.82. The summed E-state index contributed by atoms with van der Waals surface area (Å²) in [4.78, 5) is 12.7. The zero-order valence-corrected chi connectivity index (χ0v) is 16.4. The van der Waals surface area contributed by atoms with E-state index in [1.165, 1.54) is 16.8 Å². The summed E-state index contributed by atoms with van der Waals surface area (Å²) >= 11 is 6.18. The molecule has 29 heavy (non-hydrogen) atoms. The Labute approximate surface area is 172 Å². The molecule has 0 saturated carbocycles. The molecule has 8 heteroatoms. The summed E-state index contributed by atoms with van der Waals surface area (Å²) in [7, 11) is 0. The van der Waals surface area contributed by atoms with E-state index in [0.717, 1.165) is 18.4 Å². The highest BCUT2D eigenvalue weighted by Crippen LogP contribution is 2.34. The van der Waals surface area contributed by atoms with Gasteiger partial charge in [-0.3, -0.25) is 4.79 Å². The summed E-state index contributed by atoms with van der Waals surface area (Å²) in [5, 5.41) is 11.5. The fraction of sp³-hybridized carbons (Fsp3) is 0.286. The highest BCUT2D eigenvalue weighted by Gasteiger charge is 2.35. The molecule has 1 aliphatic rings. The molecule has 3 aromatic rings. The van der Waals surface area contributed by atoms with Crippen LogP contribution < -0.4 is 5.32 Å². The molecule has 1 fully saturated rings. The number of carbonyl (C=O) groups excluding carboxylic acids is 1. The Morgan fingerprint density at radius 2 is 1.90 bits per heavy atom. The largest absolute Gasteiger partial charge is 0.381 e. The lowest BCUT2D eigenvalue weighted by atomic mass is 9.74. The number of aromatic nitrogens is 3. The predicted molar refractivity (Wildman–Crippen MR) is 107 cm³/mol. The van der Waals surface area contributed by atoms with Gasteiger partial charge < -0.3 is 10.1 Å². The lowest BCUT2D eigenvalue weighted by molar-refractivity contribution is 0.0486. The van der Waals surface area contributed by atoms with Crippen molar-refractivity contribution >= 4 is 17.5 Å². The van der Waals surface area contributed by atoms with Crippen LogP contribution in [0.2, 0.25) is 5.02 Å². The van der Waals surface area contributed by atoms with Crippen molar-refractivity contribution in [2.75, 3.05) is 19.8 Å². The van der Waals surface area contributed by atoms with E-state index in [-0.39, 0.29) is 22.8 Å². The first-order valence-corrected chi connectivity index (χ1v) is 9.74. The van der Waals surface area contributed by atoms with Gasteiger partial charge in [0.1, 0.15) is 5.82 Å². The Hall–Kier alpha value is -2.77. The van der Waals surface area contributed by atoms with E-state index in [9.17, 15) is 9.18 Å². The van der Waals surface area contributed by atoms with Gasteiger partial charge >= 0.3 is 0 Å². The van der Waals surface area contributed by atoms with Crippen molar-refractivity contribution in [3.05, 3.63) is 76.8 Å². The summed E-state index contributed by atoms with van der Waals surface area (Å²) < 4.78 is 20.3. The molecule has 1 aliphatic heterocycles. The summed E-state index contributed by atoms with van der Waals surface area (Å²) in [6, 6.07) is 13.6. The van der Waals surface area contributed by atoms with Gasteiger partial charge in [-0.15, -0.1) is 5.10 Å². The molecule has 0 atom stereocenters. The smallest absolute Gasteiger partial charge is 0.273 e. The molecule has 0 spiro atoms. The average Bonchev–Trinajstić information content (AvgIpc) is 3.24. The Bertz CT molecular complexity index is 1000. The topological polar surface area (TPSA) is 69.0 Å². The van der Waals surface area contributed by atoms with Crippen LogP contribution in [0.3, 0.4) is 0 Å². The van der Waals surface area contributed by atoms with E-state index in [2.05, 4.69) is 15.6 Å². The number of benzene rings is 2. The van der Waals surface area contributed by atoms with Gasteiger partial charge in [0, 0.05) is 25.2 Å². The number of hydrogen-bond donors (Lipinski definition) is 1. The molecule has 0 bridgehead atoms. The molecule has 0 aliphatic carbocycles. The molecule has 2 heterocycles. The quantitative estimate of drug-likeness (QED) is 0.693. The molecule has 1 N–H and O–H groups in total. The minimum atomic E-state index is -0.323. The van der Waals surface area contributed by atoms with Gasteiger partial charge in [0.25, 0.3) is 5.91 Å². The van der Waals surface area contributed by atoms with Crippen LogP contribution in [0.4, 0.5) is 4.39 Å². The Morgan fingerprint density at radius 3 is 2.62 bits per heavy atom. The molecule has 150 valence electrons. The molecule has 0 radical (unpaired) electrons. The van der Waals surface area contributed by atoms with E-state index in [0.29, 0.717) is 30.5 Å². The number of nitrogens with zero attached hydrogens (tertiary/aromatic N) is 3. The number of nitrogens with one attached hydrogen (secondary N) is 1. The lowest BCUT2D eigenvalue weighted by Gasteiger charge is -2.37. The molecule has 2 aromatic carbocycles. The molecular weight excluding hydrogens is 395 g/mol. The normalized spacial score (nSPS) is 15.8. The summed E-state index contributed by atoms with van der Waals surface area (Å²) in [6.07, 6.45) is 3.03. The van der Waals surface area contributed by atoms with Gasteiger partial charge in [0.15, 0.2) is 5.69 Å². The van der Waals surface area contributed by atoms with Crippen molar-refractivity contribution in [3.63, 3.8) is 0 Å². The third-order valence-electron chi connectivity index (χ3n) is 5.32. The van der Waals surface area contributed by atoms with Crippen molar-refractivity contribution < 1.29 is 13.9 Å². The minimum Gasteiger partial charge on any atom is -0.381 e. The highest BCUT2D eigenvalue weighted by atomic mass is 35.5. The van der Waals surface area contributed by atoms with E-state index >= 15 is 0 Å². The number of amides is 1. The maximum Gasteiger partial charge on any atom is 0.273 e. The van der Waals surface area contributed by atoms with E-state index in [1.54, 1.807) is 30.5 Å². The first-order valence-electron chi connectivity index (χ1n) is 9.37. The van der Waals surface area contributed by atoms with Crippen LogP contribution in [0.25, 0.3) is 5.69 Å². The monoisotopic (exact) mass is 414 g/mol. The first-order chi connectivity index (χ1) is 14.1. The third kappa shape index (κ3) is 4.16. The van der Waals surface area contributed by atoms with Crippen LogP contribution >= 0.6 is 11.6 Å². The second kappa shape index (κ2) is 8.31. The van der Waals surface area contributed by atoms with Crippen molar-refractivity contribution in [1.82, 2.24) is 20.3 Å². The number of halogens is 2. The Kier molecular flexibility index (Phi) is 5.60. The van der Waals surface area contributed by atoms with Crippen LogP contribution in [-0.2, 0) is 10.2 Å². The van der Waals surface area contributed by atoms with Crippen molar-refractivity contribution in [2.45, 2.75) is 18.3 Å². The first kappa shape index (κ1) is 19.5. The number of carbonyl (C=O) groups is 1. The average molecular weight is 415 g/mol. The zero-order valence-electron chi connectivity index (χ0n) is 15.6. The second-order valence-electron chi connectivity index (χ2n) is 7.08. The number of rotatable bonds is 5. The molecule has 4 rings (SSSR count). The lowest BCUT2D eigenvalue weighted by Crippen LogP contribution is -2.44. The second-order valence-corrected chi connectivity index (χ2v) is 7.49. The highest BCUT2D eigenvalue weighted by molar-refractivity contribution is 6.32. The van der Waals surface area contributed by atoms with Gasteiger partial charge in [-0.25, -0.2) is 9.07 Å². The van der Waals surface area contributed by atoms with E-state index in [4.69, 9.17) is 16.3 Å². The molecule has 0 unspecified atom stereocenters. The number of ether oxygens (including phenoxy) is 1. The molecule has 1 amide bonds. The fourth-order valence-electron chi connectivity index (χ4n) is 3.60. The maximum atomic E-state index is 13.4. The van der Waals surface area contributed by atoms with Gasteiger partial charge in [0.05, 0.1) is 16.9 Å². The molecule has 1 saturated heterocycles. The third-order valence-corrected chi connectivity index (χ3v) is 5.64. The minimum absolute atomic E-state index is 0.200. The van der Waals surface area contributed by atoms with Gasteiger partial charge in [-0.05, 0) is 42.7 Å². The van der Waals surface area contributed by atoms with Crippen LogP contribution in [0.5, 0.6) is 0 Å². The Balaban J connectivity index is 1.50. The number of para-hydroxylation sites is 1. The zero-order chi connectivity index (χ0) is 20.3. The molecule has 1 aromatic heterocycles. The van der Waals surface area contributed by atoms with Gasteiger partial charge in [-0.2, -0.15) is 0 Å². The summed E-state index contributed by atoms with van der Waals surface area (Å²) in [5.41, 5.74) is 1.53. The standard InChI is InChI=1S/C21H20ClFN4O2/c22-17-3-1-2-4-19(17)27-13-18(25-26-27)20(28)24-14-21(9-11-29-12-10-21)15-5-7-16(23)8-6-15/h1-8,13H,9-12,14H2,(H,24,28). The summed E-state index contributed by atoms with van der Waals surface area (Å²) in [5.74, 6) is -0.604. The summed E-state index contributed by atoms with van der Waals surface area (Å²) in [6.45, 7) is 1.59. The predicted octanol–water partition coefficient (Wildman–Crippen LogP) is 3.54. The van der Waals surface area contributed by atoms with E-state index in [1.807, 2.05) is 12.1 Å². The van der Waals surface area contributed by atoms with Gasteiger partial charge in [-0.1, -0.05) is 41.1 Å². The molecular formula is C21H20ClFN4O2. The van der Waals surface area contributed by atoms with Crippen LogP contribution in [0, 0.1) is 5.82 Å². The van der Waals surface area contributed by atoms with Crippen molar-refractivity contribution in [1.29, 1.82) is 0 Å². The van der Waals surface area contributed by atoms with Crippen molar-refractivity contribution in [2.24, 2.45) is 0 Å².